The second kappa shape index (κ2) is 8.42. The first kappa shape index (κ1) is 16.3. The Hall–Kier alpha value is -1.76. The van der Waals surface area contributed by atoms with Gasteiger partial charge in [-0.25, -0.2) is 4.79 Å². The van der Waals surface area contributed by atoms with Gasteiger partial charge in [-0.05, 0) is 24.8 Å². The maximum absolute atomic E-state index is 11.8. The summed E-state index contributed by atoms with van der Waals surface area (Å²) >= 11 is 1.68. The fourth-order valence-corrected chi connectivity index (χ4v) is 2.29. The Kier molecular flexibility index (Phi) is 6.86. The van der Waals surface area contributed by atoms with E-state index in [-0.39, 0.29) is 18.5 Å². The van der Waals surface area contributed by atoms with Gasteiger partial charge >= 0.3 is 12.0 Å². The zero-order chi connectivity index (χ0) is 15.0. The van der Waals surface area contributed by atoms with E-state index in [1.165, 1.54) is 6.20 Å². The summed E-state index contributed by atoms with van der Waals surface area (Å²) in [6, 6.07) is 3.08. The minimum atomic E-state index is -0.932. The number of aromatic nitrogens is 1. The molecule has 1 rings (SSSR count). The summed E-state index contributed by atoms with van der Waals surface area (Å²) in [4.78, 5) is 26.3. The Balaban J connectivity index is 2.51. The number of carboxylic acids is 1. The van der Waals surface area contributed by atoms with E-state index >= 15 is 0 Å². The largest absolute Gasteiger partial charge is 0.481 e. The summed E-state index contributed by atoms with van der Waals surface area (Å²) < 4.78 is 0. The molecule has 7 heteroatoms. The minimum Gasteiger partial charge on any atom is -0.481 e. The minimum absolute atomic E-state index is 0.127. The maximum Gasteiger partial charge on any atom is 0.319 e. The lowest BCUT2D eigenvalue weighted by Gasteiger charge is -2.16. The molecule has 6 nitrogen and oxygen atoms in total. The molecular weight excluding hydrogens is 278 g/mol. The van der Waals surface area contributed by atoms with E-state index in [1.807, 2.05) is 13.2 Å². The number of rotatable bonds is 7. The fourth-order valence-electron chi connectivity index (χ4n) is 1.57. The molecule has 0 saturated heterocycles. The maximum atomic E-state index is 11.8. The van der Waals surface area contributed by atoms with Crippen molar-refractivity contribution >= 4 is 29.4 Å². The van der Waals surface area contributed by atoms with Gasteiger partial charge in [0.1, 0.15) is 0 Å². The molecule has 0 aromatic carbocycles. The van der Waals surface area contributed by atoms with Gasteiger partial charge in [-0.2, -0.15) is 11.8 Å². The van der Waals surface area contributed by atoms with E-state index in [0.29, 0.717) is 11.4 Å². The number of carbonyl (C=O) groups is 2. The van der Waals surface area contributed by atoms with Crippen molar-refractivity contribution in [3.8, 4) is 0 Å². The van der Waals surface area contributed by atoms with Crippen molar-refractivity contribution < 1.29 is 14.7 Å². The molecule has 1 heterocycles. The van der Waals surface area contributed by atoms with Crippen molar-refractivity contribution in [2.75, 3.05) is 17.3 Å². The third-order valence-corrected chi connectivity index (χ3v) is 3.35. The number of thioether (sulfide) groups is 1. The molecule has 0 saturated carbocycles. The van der Waals surface area contributed by atoms with Crippen molar-refractivity contribution in [1.29, 1.82) is 0 Å². The number of nitrogens with zero attached hydrogens (tertiary/aromatic N) is 1. The second-order valence-corrected chi connectivity index (χ2v) is 5.18. The van der Waals surface area contributed by atoms with Crippen LogP contribution >= 0.6 is 11.8 Å². The molecule has 1 atom stereocenters. The predicted molar refractivity (Wildman–Crippen MR) is 80.2 cm³/mol. The lowest BCUT2D eigenvalue weighted by Crippen LogP contribution is -2.39. The smallest absolute Gasteiger partial charge is 0.319 e. The summed E-state index contributed by atoms with van der Waals surface area (Å²) in [5, 5.41) is 14.2. The van der Waals surface area contributed by atoms with Crippen LogP contribution in [0.25, 0.3) is 0 Å². The van der Waals surface area contributed by atoms with Crippen LogP contribution in [0.5, 0.6) is 0 Å². The highest BCUT2D eigenvalue weighted by Gasteiger charge is 2.10. The Morgan fingerprint density at radius 2 is 2.20 bits per heavy atom. The number of urea groups is 1. The number of aliphatic carboxylic acids is 1. The average molecular weight is 297 g/mol. The second-order valence-electron chi connectivity index (χ2n) is 4.27. The summed E-state index contributed by atoms with van der Waals surface area (Å²) in [5.74, 6) is -0.0708. The molecule has 1 aromatic rings. The zero-order valence-corrected chi connectivity index (χ0v) is 12.4. The van der Waals surface area contributed by atoms with Crippen LogP contribution in [0.3, 0.4) is 0 Å². The van der Waals surface area contributed by atoms with E-state index in [4.69, 9.17) is 5.11 Å². The van der Waals surface area contributed by atoms with Gasteiger partial charge in [0.2, 0.25) is 0 Å². The van der Waals surface area contributed by atoms with Gasteiger partial charge < -0.3 is 15.7 Å². The Bertz CT molecular complexity index is 451. The summed E-state index contributed by atoms with van der Waals surface area (Å²) in [5.41, 5.74) is 0.993. The quantitative estimate of drug-likeness (QED) is 0.715. The van der Waals surface area contributed by atoms with Crippen LogP contribution in [0.1, 0.15) is 19.0 Å². The Morgan fingerprint density at radius 1 is 1.45 bits per heavy atom. The Morgan fingerprint density at radius 3 is 2.70 bits per heavy atom. The van der Waals surface area contributed by atoms with Gasteiger partial charge in [0, 0.05) is 11.8 Å². The first-order valence-corrected chi connectivity index (χ1v) is 7.67. The summed E-state index contributed by atoms with van der Waals surface area (Å²) in [6.45, 7) is 2.02. The number of carboxylic acid groups (broad SMARTS) is 1. The fraction of sp³-hybridized carbons (Fsp3) is 0.462. The molecule has 2 amide bonds. The standard InChI is InChI=1S/C13H19N3O3S/c1-3-9(8-20-2)15-13(19)16-11-5-4-10(14-7-11)6-12(17)18/h4-5,7,9H,3,6,8H2,1-2H3,(H,17,18)(H2,15,16,19). The summed E-state index contributed by atoms with van der Waals surface area (Å²) in [7, 11) is 0. The normalized spacial score (nSPS) is 11.7. The molecule has 0 fully saturated rings. The van der Waals surface area contributed by atoms with Crippen molar-refractivity contribution in [2.45, 2.75) is 25.8 Å². The van der Waals surface area contributed by atoms with Gasteiger partial charge in [-0.3, -0.25) is 9.78 Å². The molecule has 110 valence electrons. The monoisotopic (exact) mass is 297 g/mol. The van der Waals surface area contributed by atoms with Gasteiger partial charge in [0.15, 0.2) is 0 Å². The molecule has 1 aromatic heterocycles. The number of anilines is 1. The Labute approximate surface area is 122 Å². The lowest BCUT2D eigenvalue weighted by atomic mass is 10.2. The van der Waals surface area contributed by atoms with Gasteiger partial charge in [0.25, 0.3) is 0 Å². The molecule has 1 unspecified atom stereocenters. The van der Waals surface area contributed by atoms with Crippen molar-refractivity contribution in [3.63, 3.8) is 0 Å². The highest BCUT2D eigenvalue weighted by molar-refractivity contribution is 7.98. The van der Waals surface area contributed by atoms with Crippen LogP contribution in [-0.4, -0.2) is 40.1 Å². The average Bonchev–Trinajstić information content (AvgIpc) is 2.40. The molecule has 0 aliphatic rings. The molecule has 0 spiro atoms. The predicted octanol–water partition coefficient (Wildman–Crippen LogP) is 1.97. The number of carbonyl (C=O) groups excluding carboxylic acids is 1. The zero-order valence-electron chi connectivity index (χ0n) is 11.5. The molecule has 3 N–H and O–H groups in total. The molecule has 0 bridgehead atoms. The van der Waals surface area contributed by atoms with Crippen LogP contribution < -0.4 is 10.6 Å². The highest BCUT2D eigenvalue weighted by Crippen LogP contribution is 2.07. The van der Waals surface area contributed by atoms with Crippen LogP contribution in [0.4, 0.5) is 10.5 Å². The third kappa shape index (κ3) is 5.92. The molecule has 20 heavy (non-hydrogen) atoms. The molecule has 0 aliphatic heterocycles. The first-order chi connectivity index (χ1) is 9.55. The van der Waals surface area contributed by atoms with Crippen molar-refractivity contribution in [1.82, 2.24) is 10.3 Å². The molecular formula is C13H19N3O3S. The number of pyridine rings is 1. The highest BCUT2D eigenvalue weighted by atomic mass is 32.2. The van der Waals surface area contributed by atoms with Crippen LogP contribution in [0, 0.1) is 0 Å². The SMILES string of the molecule is CCC(CSC)NC(=O)Nc1ccc(CC(=O)O)nc1. The topological polar surface area (TPSA) is 91.3 Å². The lowest BCUT2D eigenvalue weighted by molar-refractivity contribution is -0.136. The van der Waals surface area contributed by atoms with Gasteiger partial charge in [0.05, 0.1) is 24.0 Å². The van der Waals surface area contributed by atoms with Crippen molar-refractivity contribution in [2.24, 2.45) is 0 Å². The number of nitrogens with one attached hydrogen (secondary N) is 2. The van der Waals surface area contributed by atoms with Crippen molar-refractivity contribution in [3.05, 3.63) is 24.0 Å². The molecule has 0 radical (unpaired) electrons. The van der Waals surface area contributed by atoms with E-state index < -0.39 is 5.97 Å². The number of hydrogen-bond donors (Lipinski definition) is 3. The molecule has 0 aliphatic carbocycles. The number of amides is 2. The van der Waals surface area contributed by atoms with E-state index in [2.05, 4.69) is 15.6 Å². The van der Waals surface area contributed by atoms with E-state index in [0.717, 1.165) is 12.2 Å². The van der Waals surface area contributed by atoms with E-state index in [9.17, 15) is 9.59 Å². The van der Waals surface area contributed by atoms with Gasteiger partial charge in [-0.15, -0.1) is 0 Å². The third-order valence-electron chi connectivity index (χ3n) is 2.61. The first-order valence-electron chi connectivity index (χ1n) is 6.28. The van der Waals surface area contributed by atoms with Crippen LogP contribution in [0.15, 0.2) is 18.3 Å². The number of hydrogen-bond acceptors (Lipinski definition) is 4. The van der Waals surface area contributed by atoms with Crippen LogP contribution in [0.2, 0.25) is 0 Å². The van der Waals surface area contributed by atoms with Gasteiger partial charge in [-0.1, -0.05) is 6.92 Å². The van der Waals surface area contributed by atoms with E-state index in [1.54, 1.807) is 23.9 Å². The van der Waals surface area contributed by atoms with Crippen LogP contribution in [-0.2, 0) is 11.2 Å². The summed E-state index contributed by atoms with van der Waals surface area (Å²) in [6.07, 6.45) is 4.18.